The first-order chi connectivity index (χ1) is 9.58. The van der Waals surface area contributed by atoms with E-state index in [0.717, 1.165) is 21.8 Å². The zero-order valence-electron chi connectivity index (χ0n) is 11.5. The molecule has 6 heteroatoms. The van der Waals surface area contributed by atoms with E-state index in [9.17, 15) is 4.79 Å². The summed E-state index contributed by atoms with van der Waals surface area (Å²) in [6.07, 6.45) is 0. The molecule has 0 saturated carbocycles. The smallest absolute Gasteiger partial charge is 0.287 e. The van der Waals surface area contributed by atoms with E-state index in [1.807, 2.05) is 41.7 Å². The first-order valence-corrected chi connectivity index (χ1v) is 7.02. The van der Waals surface area contributed by atoms with Gasteiger partial charge in [0.25, 0.3) is 5.24 Å². The van der Waals surface area contributed by atoms with Gasteiger partial charge in [-0.1, -0.05) is 18.2 Å². The van der Waals surface area contributed by atoms with E-state index >= 15 is 0 Å². The number of aryl methyl sites for hydroxylation is 1. The molecule has 102 valence electrons. The molecule has 3 aromatic rings. The molecule has 1 aromatic carbocycles. The van der Waals surface area contributed by atoms with Crippen LogP contribution in [0.25, 0.3) is 16.8 Å². The van der Waals surface area contributed by atoms with Crippen LogP contribution in [0.5, 0.6) is 0 Å². The van der Waals surface area contributed by atoms with Crippen molar-refractivity contribution >= 4 is 33.8 Å². The molecule has 2 aromatic heterocycles. The molecule has 1 amide bonds. The van der Waals surface area contributed by atoms with Crippen LogP contribution >= 0.6 is 11.8 Å². The molecule has 0 radical (unpaired) electrons. The van der Waals surface area contributed by atoms with Crippen molar-refractivity contribution in [3.63, 3.8) is 0 Å². The van der Waals surface area contributed by atoms with Crippen LogP contribution in [-0.4, -0.2) is 38.6 Å². The van der Waals surface area contributed by atoms with Gasteiger partial charge in [-0.15, -0.1) is 0 Å². The van der Waals surface area contributed by atoms with Gasteiger partial charge in [0.15, 0.2) is 0 Å². The van der Waals surface area contributed by atoms with E-state index in [-0.39, 0.29) is 5.24 Å². The molecule has 0 aliphatic heterocycles. The molecule has 0 spiro atoms. The van der Waals surface area contributed by atoms with Gasteiger partial charge in [0.2, 0.25) is 5.78 Å². The van der Waals surface area contributed by atoms with Crippen molar-refractivity contribution in [2.24, 2.45) is 0 Å². The number of carbonyl (C=O) groups excluding carboxylic acids is 1. The molecule has 0 fully saturated rings. The molecule has 0 saturated heterocycles. The Morgan fingerprint density at radius 2 is 1.95 bits per heavy atom. The summed E-state index contributed by atoms with van der Waals surface area (Å²) in [6, 6.07) is 9.79. The van der Waals surface area contributed by atoms with Gasteiger partial charge in [-0.25, -0.2) is 9.97 Å². The van der Waals surface area contributed by atoms with E-state index in [1.54, 1.807) is 19.0 Å². The first-order valence-electron chi connectivity index (χ1n) is 6.21. The third-order valence-corrected chi connectivity index (χ3v) is 4.19. The highest BCUT2D eigenvalue weighted by molar-refractivity contribution is 8.13. The van der Waals surface area contributed by atoms with Crippen molar-refractivity contribution in [1.82, 2.24) is 19.3 Å². The lowest BCUT2D eigenvalue weighted by molar-refractivity contribution is 0.241. The third kappa shape index (κ3) is 2.02. The van der Waals surface area contributed by atoms with Crippen LogP contribution in [0.4, 0.5) is 4.79 Å². The topological polar surface area (TPSA) is 50.5 Å². The summed E-state index contributed by atoms with van der Waals surface area (Å²) in [5.41, 5.74) is 2.65. The van der Waals surface area contributed by atoms with Crippen LogP contribution in [0.1, 0.15) is 5.69 Å². The van der Waals surface area contributed by atoms with Crippen LogP contribution in [0, 0.1) is 6.92 Å². The number of hydrogen-bond acceptors (Lipinski definition) is 4. The lowest BCUT2D eigenvalue weighted by atomic mass is 10.4. The van der Waals surface area contributed by atoms with Gasteiger partial charge in [-0.3, -0.25) is 9.20 Å². The predicted octanol–water partition coefficient (Wildman–Crippen LogP) is 2.96. The average molecular weight is 286 g/mol. The maximum Gasteiger partial charge on any atom is 0.287 e. The van der Waals surface area contributed by atoms with Gasteiger partial charge in [0.05, 0.1) is 16.7 Å². The third-order valence-electron chi connectivity index (χ3n) is 2.98. The summed E-state index contributed by atoms with van der Waals surface area (Å²) >= 11 is 1.18. The monoisotopic (exact) mass is 286 g/mol. The highest BCUT2D eigenvalue weighted by Crippen LogP contribution is 2.28. The molecule has 5 nitrogen and oxygen atoms in total. The number of aromatic nitrogens is 3. The first kappa shape index (κ1) is 12.9. The van der Waals surface area contributed by atoms with Gasteiger partial charge in [-0.2, -0.15) is 0 Å². The Hall–Kier alpha value is -2.08. The molecule has 0 bridgehead atoms. The van der Waals surface area contributed by atoms with Crippen LogP contribution in [0.2, 0.25) is 0 Å². The SMILES string of the molecule is Cc1nc2nc3cccccc3n2c1SC(=O)N(C)C. The number of imidazole rings is 2. The van der Waals surface area contributed by atoms with E-state index in [0.29, 0.717) is 5.78 Å². The van der Waals surface area contributed by atoms with Gasteiger partial charge in [0.1, 0.15) is 5.03 Å². The second kappa shape index (κ2) is 4.79. The Kier molecular flexibility index (Phi) is 3.10. The lowest BCUT2D eigenvalue weighted by Crippen LogP contribution is -2.16. The summed E-state index contributed by atoms with van der Waals surface area (Å²) in [4.78, 5) is 22.5. The van der Waals surface area contributed by atoms with Crippen molar-refractivity contribution < 1.29 is 4.79 Å². The molecular formula is C14H14N4OS. The predicted molar refractivity (Wildman–Crippen MR) is 80.2 cm³/mol. The van der Waals surface area contributed by atoms with Crippen LogP contribution in [0.3, 0.4) is 0 Å². The second-order valence-corrected chi connectivity index (χ2v) is 5.63. The van der Waals surface area contributed by atoms with E-state index in [2.05, 4.69) is 9.97 Å². The summed E-state index contributed by atoms with van der Waals surface area (Å²) in [5, 5.41) is 0.803. The zero-order valence-corrected chi connectivity index (χ0v) is 12.3. The molecule has 0 aliphatic carbocycles. The average Bonchev–Trinajstić information content (AvgIpc) is 2.76. The number of carbonyl (C=O) groups is 1. The summed E-state index contributed by atoms with van der Waals surface area (Å²) in [7, 11) is 3.48. The minimum Gasteiger partial charge on any atom is -0.339 e. The molecule has 0 aliphatic rings. The molecule has 3 rings (SSSR count). The van der Waals surface area contributed by atoms with Crippen molar-refractivity contribution in [3.8, 4) is 0 Å². The van der Waals surface area contributed by atoms with Gasteiger partial charge in [0, 0.05) is 14.1 Å². The largest absolute Gasteiger partial charge is 0.339 e. The normalized spacial score (nSPS) is 11.2. The van der Waals surface area contributed by atoms with Crippen LogP contribution in [0.15, 0.2) is 35.4 Å². The Morgan fingerprint density at radius 1 is 1.20 bits per heavy atom. The van der Waals surface area contributed by atoms with Gasteiger partial charge < -0.3 is 4.90 Å². The summed E-state index contributed by atoms with van der Waals surface area (Å²) in [6.45, 7) is 1.90. The molecule has 2 heterocycles. The van der Waals surface area contributed by atoms with Crippen molar-refractivity contribution in [2.45, 2.75) is 11.9 Å². The number of fused-ring (bicyclic) bond motifs is 3. The van der Waals surface area contributed by atoms with Gasteiger partial charge in [-0.05, 0) is 30.8 Å². The van der Waals surface area contributed by atoms with Crippen molar-refractivity contribution in [3.05, 3.63) is 36.0 Å². The Balaban J connectivity index is 2.25. The Labute approximate surface area is 120 Å². The van der Waals surface area contributed by atoms with E-state index in [4.69, 9.17) is 0 Å². The lowest BCUT2D eigenvalue weighted by Gasteiger charge is -2.08. The standard InChI is InChI=1S/C14H14N4OS/c1-9-12(20-14(19)17(2)3)18-11-8-6-4-5-7-10(11)16-13(18)15-9/h4-8H,1-3H3. The second-order valence-electron chi connectivity index (χ2n) is 4.69. The number of rotatable bonds is 1. The fourth-order valence-electron chi connectivity index (χ4n) is 2.01. The van der Waals surface area contributed by atoms with Crippen molar-refractivity contribution in [1.29, 1.82) is 0 Å². The van der Waals surface area contributed by atoms with Crippen molar-refractivity contribution in [2.75, 3.05) is 14.1 Å². The molecule has 0 unspecified atom stereocenters. The molecule has 0 atom stereocenters. The maximum absolute atomic E-state index is 12.0. The van der Waals surface area contributed by atoms with Crippen LogP contribution < -0.4 is 0 Å². The molecule has 20 heavy (non-hydrogen) atoms. The van der Waals surface area contributed by atoms with Crippen LogP contribution in [-0.2, 0) is 0 Å². The number of thioether (sulfide) groups is 1. The highest BCUT2D eigenvalue weighted by Gasteiger charge is 2.18. The summed E-state index contributed by atoms with van der Waals surface area (Å²) < 4.78 is 1.94. The molecule has 0 N–H and O–H groups in total. The van der Waals surface area contributed by atoms with E-state index in [1.165, 1.54) is 11.8 Å². The Bertz CT molecular complexity index is 809. The van der Waals surface area contributed by atoms with Gasteiger partial charge >= 0.3 is 0 Å². The minimum absolute atomic E-state index is 0.0236. The number of nitrogens with zero attached hydrogens (tertiary/aromatic N) is 4. The summed E-state index contributed by atoms with van der Waals surface area (Å²) in [5.74, 6) is 0.637. The minimum atomic E-state index is -0.0236. The number of amides is 1. The zero-order chi connectivity index (χ0) is 14.3. The fraction of sp³-hybridized carbons (Fsp3) is 0.214. The Morgan fingerprint density at radius 3 is 2.70 bits per heavy atom. The quantitative estimate of drug-likeness (QED) is 0.645. The van der Waals surface area contributed by atoms with E-state index < -0.39 is 0 Å². The highest BCUT2D eigenvalue weighted by atomic mass is 32.2. The fourth-order valence-corrected chi connectivity index (χ4v) is 2.82. The maximum atomic E-state index is 12.0. The molecular weight excluding hydrogens is 272 g/mol. The number of hydrogen-bond donors (Lipinski definition) is 0.